The van der Waals surface area contributed by atoms with Crippen LogP contribution in [0.15, 0.2) is 72.8 Å². The molecule has 25 heavy (non-hydrogen) atoms. The fourth-order valence-corrected chi connectivity index (χ4v) is 2.60. The first kappa shape index (κ1) is 17.3. The van der Waals surface area contributed by atoms with Gasteiger partial charge in [-0.2, -0.15) is 0 Å². The van der Waals surface area contributed by atoms with Gasteiger partial charge in [0.15, 0.2) is 0 Å². The van der Waals surface area contributed by atoms with Crippen LogP contribution in [-0.2, 0) is 11.3 Å². The molecule has 0 fully saturated rings. The number of carbonyl (C=O) groups excluding carboxylic acids is 1. The number of esters is 1. The second-order valence-corrected chi connectivity index (χ2v) is 5.99. The van der Waals surface area contributed by atoms with Gasteiger partial charge in [0.25, 0.3) is 0 Å². The number of rotatable bonds is 5. The highest BCUT2D eigenvalue weighted by atomic mass is 35.5. The summed E-state index contributed by atoms with van der Waals surface area (Å²) in [5.74, 6) is 0.792. The van der Waals surface area contributed by atoms with Crippen LogP contribution in [0, 0.1) is 0 Å². The predicted molar refractivity (Wildman–Crippen MR) is 98.5 cm³/mol. The lowest BCUT2D eigenvalue weighted by molar-refractivity contribution is 0.0471. The molecule has 0 saturated carbocycles. The minimum atomic E-state index is -0.540. The second-order valence-electron chi connectivity index (χ2n) is 5.20. The molecule has 3 aromatic carbocycles. The highest BCUT2D eigenvalue weighted by Gasteiger charge is 2.15. The molecule has 0 aliphatic carbocycles. The zero-order valence-corrected chi connectivity index (χ0v) is 14.6. The third-order valence-corrected chi connectivity index (χ3v) is 4.29. The monoisotopic (exact) mass is 372 g/mol. The summed E-state index contributed by atoms with van der Waals surface area (Å²) in [4.78, 5) is 12.3. The van der Waals surface area contributed by atoms with E-state index in [4.69, 9.17) is 32.7 Å². The van der Waals surface area contributed by atoms with Gasteiger partial charge in [-0.3, -0.25) is 0 Å². The van der Waals surface area contributed by atoms with Crippen molar-refractivity contribution in [2.24, 2.45) is 0 Å². The summed E-state index contributed by atoms with van der Waals surface area (Å²) in [7, 11) is 0. The van der Waals surface area contributed by atoms with Crippen LogP contribution in [0.1, 0.15) is 15.9 Å². The molecular formula is C20H14Cl2O3. The lowest BCUT2D eigenvalue weighted by Crippen LogP contribution is -2.06. The SMILES string of the molecule is O=C(OCc1ccccc1Oc1ccccc1)c1cccc(Cl)c1Cl. The lowest BCUT2D eigenvalue weighted by Gasteiger charge is -2.12. The average Bonchev–Trinajstić information content (AvgIpc) is 2.64. The molecule has 0 aliphatic heterocycles. The van der Waals surface area contributed by atoms with Gasteiger partial charge in [-0.1, -0.05) is 65.7 Å². The van der Waals surface area contributed by atoms with Crippen LogP contribution in [0.3, 0.4) is 0 Å². The molecule has 0 aromatic heterocycles. The van der Waals surface area contributed by atoms with Crippen LogP contribution in [0.4, 0.5) is 0 Å². The highest BCUT2D eigenvalue weighted by Crippen LogP contribution is 2.28. The molecule has 0 N–H and O–H groups in total. The van der Waals surface area contributed by atoms with Gasteiger partial charge in [0.1, 0.15) is 18.1 Å². The Morgan fingerprint density at radius 2 is 1.56 bits per heavy atom. The van der Waals surface area contributed by atoms with E-state index >= 15 is 0 Å². The van der Waals surface area contributed by atoms with Gasteiger partial charge in [-0.25, -0.2) is 4.79 Å². The van der Waals surface area contributed by atoms with Crippen molar-refractivity contribution in [3.63, 3.8) is 0 Å². The maximum Gasteiger partial charge on any atom is 0.340 e. The predicted octanol–water partition coefficient (Wildman–Crippen LogP) is 6.14. The molecule has 0 aliphatic rings. The quantitative estimate of drug-likeness (QED) is 0.504. The Morgan fingerprint density at radius 1 is 0.840 bits per heavy atom. The standard InChI is InChI=1S/C20H14Cl2O3/c21-17-11-6-10-16(19(17)22)20(23)24-13-14-7-4-5-12-18(14)25-15-8-2-1-3-9-15/h1-12H,13H2. The van der Waals surface area contributed by atoms with Crippen molar-refractivity contribution >= 4 is 29.2 Å². The first-order chi connectivity index (χ1) is 12.1. The first-order valence-electron chi connectivity index (χ1n) is 7.57. The summed E-state index contributed by atoms with van der Waals surface area (Å²) in [6, 6.07) is 21.6. The zero-order chi connectivity index (χ0) is 17.6. The van der Waals surface area contributed by atoms with E-state index in [0.29, 0.717) is 16.5 Å². The minimum Gasteiger partial charge on any atom is -0.457 e. The Balaban J connectivity index is 1.73. The summed E-state index contributed by atoms with van der Waals surface area (Å²) in [6.45, 7) is 0.0602. The van der Waals surface area contributed by atoms with Gasteiger partial charge in [0.05, 0.1) is 15.6 Å². The largest absolute Gasteiger partial charge is 0.457 e. The van der Waals surface area contributed by atoms with E-state index in [-0.39, 0.29) is 17.2 Å². The summed E-state index contributed by atoms with van der Waals surface area (Å²) in [5.41, 5.74) is 0.980. The summed E-state index contributed by atoms with van der Waals surface area (Å²) < 4.78 is 11.2. The van der Waals surface area contributed by atoms with Gasteiger partial charge in [0.2, 0.25) is 0 Å². The second kappa shape index (κ2) is 8.06. The molecule has 0 spiro atoms. The first-order valence-corrected chi connectivity index (χ1v) is 8.32. The van der Waals surface area contributed by atoms with Gasteiger partial charge in [-0.05, 0) is 30.3 Å². The van der Waals surface area contributed by atoms with Crippen LogP contribution in [0.2, 0.25) is 10.0 Å². The van der Waals surface area contributed by atoms with E-state index in [2.05, 4.69) is 0 Å². The molecule has 126 valence electrons. The Kier molecular flexibility index (Phi) is 5.59. The number of carbonyl (C=O) groups is 1. The van der Waals surface area contributed by atoms with Gasteiger partial charge in [-0.15, -0.1) is 0 Å². The molecule has 0 heterocycles. The van der Waals surface area contributed by atoms with Crippen molar-refractivity contribution < 1.29 is 14.3 Å². The van der Waals surface area contributed by atoms with Gasteiger partial charge in [0, 0.05) is 5.56 Å². The van der Waals surface area contributed by atoms with Crippen LogP contribution in [-0.4, -0.2) is 5.97 Å². The molecule has 0 atom stereocenters. The number of benzene rings is 3. The Morgan fingerprint density at radius 3 is 2.36 bits per heavy atom. The summed E-state index contributed by atoms with van der Waals surface area (Å²) in [5, 5.41) is 0.493. The molecular weight excluding hydrogens is 359 g/mol. The van der Waals surface area contributed by atoms with Crippen molar-refractivity contribution in [3.8, 4) is 11.5 Å². The average molecular weight is 373 g/mol. The van der Waals surface area contributed by atoms with Crippen LogP contribution >= 0.6 is 23.2 Å². The molecule has 0 radical (unpaired) electrons. The molecule has 5 heteroatoms. The zero-order valence-electron chi connectivity index (χ0n) is 13.1. The third-order valence-electron chi connectivity index (χ3n) is 3.47. The smallest absolute Gasteiger partial charge is 0.340 e. The third kappa shape index (κ3) is 4.32. The molecule has 0 amide bonds. The number of halogens is 2. The van der Waals surface area contributed by atoms with Crippen LogP contribution in [0.5, 0.6) is 11.5 Å². The molecule has 3 nitrogen and oxygen atoms in total. The number of ether oxygens (including phenoxy) is 2. The van der Waals surface area contributed by atoms with E-state index in [9.17, 15) is 4.79 Å². The molecule has 0 bridgehead atoms. The van der Waals surface area contributed by atoms with Gasteiger partial charge < -0.3 is 9.47 Å². The fourth-order valence-electron chi connectivity index (χ4n) is 2.22. The van der Waals surface area contributed by atoms with Crippen molar-refractivity contribution in [1.29, 1.82) is 0 Å². The molecule has 0 saturated heterocycles. The van der Waals surface area contributed by atoms with Crippen molar-refractivity contribution in [2.45, 2.75) is 6.61 Å². The van der Waals surface area contributed by atoms with E-state index in [1.165, 1.54) is 0 Å². The normalized spacial score (nSPS) is 10.3. The Bertz CT molecular complexity index is 879. The number of hydrogen-bond donors (Lipinski definition) is 0. The number of hydrogen-bond acceptors (Lipinski definition) is 3. The summed E-state index contributed by atoms with van der Waals surface area (Å²) >= 11 is 12.0. The van der Waals surface area contributed by atoms with Crippen molar-refractivity contribution in [2.75, 3.05) is 0 Å². The Hall–Kier alpha value is -2.49. The summed E-state index contributed by atoms with van der Waals surface area (Å²) in [6.07, 6.45) is 0. The molecule has 0 unspecified atom stereocenters. The maximum absolute atomic E-state index is 12.3. The van der Waals surface area contributed by atoms with Crippen molar-refractivity contribution in [1.82, 2.24) is 0 Å². The molecule has 3 rings (SSSR count). The lowest BCUT2D eigenvalue weighted by atomic mass is 10.2. The van der Waals surface area contributed by atoms with Crippen LogP contribution < -0.4 is 4.74 Å². The molecule has 3 aromatic rings. The maximum atomic E-state index is 12.3. The van der Waals surface area contributed by atoms with Gasteiger partial charge >= 0.3 is 5.97 Å². The van der Waals surface area contributed by atoms with Crippen molar-refractivity contribution in [3.05, 3.63) is 94.0 Å². The fraction of sp³-hybridized carbons (Fsp3) is 0.0500. The van der Waals surface area contributed by atoms with Crippen LogP contribution in [0.25, 0.3) is 0 Å². The van der Waals surface area contributed by atoms with E-state index in [0.717, 1.165) is 5.56 Å². The topological polar surface area (TPSA) is 35.5 Å². The van der Waals surface area contributed by atoms with E-state index < -0.39 is 5.97 Å². The Labute approximate surface area is 155 Å². The van der Waals surface area contributed by atoms with E-state index in [1.807, 2.05) is 54.6 Å². The van der Waals surface area contributed by atoms with E-state index in [1.54, 1.807) is 18.2 Å². The highest BCUT2D eigenvalue weighted by molar-refractivity contribution is 6.43. The number of para-hydroxylation sites is 2. The minimum absolute atomic E-state index is 0.0602.